The van der Waals surface area contributed by atoms with Gasteiger partial charge in [-0.15, -0.1) is 0 Å². The molecular weight excluding hydrogens is 192 g/mol. The molecule has 88 valence electrons. The highest BCUT2D eigenvalue weighted by Gasteiger charge is 2.27. The Balaban J connectivity index is 2.47. The SMILES string of the molecule is CCC(C)c1ccc(C(C)(C)C)c2c1CC2. The van der Waals surface area contributed by atoms with Crippen molar-refractivity contribution in [3.63, 3.8) is 0 Å². The van der Waals surface area contributed by atoms with Gasteiger partial charge in [-0.05, 0) is 52.8 Å². The lowest BCUT2D eigenvalue weighted by atomic mass is 9.72. The molecule has 0 N–H and O–H groups in total. The molecule has 0 aromatic heterocycles. The molecule has 0 saturated heterocycles. The molecule has 0 bridgehead atoms. The summed E-state index contributed by atoms with van der Waals surface area (Å²) >= 11 is 0. The van der Waals surface area contributed by atoms with Gasteiger partial charge in [-0.3, -0.25) is 0 Å². The van der Waals surface area contributed by atoms with Crippen LogP contribution in [0.5, 0.6) is 0 Å². The molecule has 1 unspecified atom stereocenters. The van der Waals surface area contributed by atoms with Gasteiger partial charge in [-0.25, -0.2) is 0 Å². The molecule has 0 heterocycles. The Hall–Kier alpha value is -0.780. The second kappa shape index (κ2) is 3.91. The van der Waals surface area contributed by atoms with E-state index in [9.17, 15) is 0 Å². The Morgan fingerprint density at radius 3 is 2.19 bits per heavy atom. The summed E-state index contributed by atoms with van der Waals surface area (Å²) in [4.78, 5) is 0. The van der Waals surface area contributed by atoms with E-state index >= 15 is 0 Å². The van der Waals surface area contributed by atoms with Crippen molar-refractivity contribution in [3.05, 3.63) is 34.4 Å². The van der Waals surface area contributed by atoms with Gasteiger partial charge in [0.2, 0.25) is 0 Å². The first-order valence-electron chi connectivity index (χ1n) is 6.60. The van der Waals surface area contributed by atoms with Crippen molar-refractivity contribution in [1.82, 2.24) is 0 Å². The average Bonchev–Trinajstić information content (AvgIpc) is 2.16. The fourth-order valence-corrected chi connectivity index (χ4v) is 2.75. The molecule has 0 spiro atoms. The van der Waals surface area contributed by atoms with Gasteiger partial charge in [-0.1, -0.05) is 46.8 Å². The summed E-state index contributed by atoms with van der Waals surface area (Å²) in [7, 11) is 0. The van der Waals surface area contributed by atoms with Gasteiger partial charge in [0.05, 0.1) is 0 Å². The largest absolute Gasteiger partial charge is 0.0648 e. The molecule has 1 aliphatic rings. The minimum absolute atomic E-state index is 0.304. The quantitative estimate of drug-likeness (QED) is 0.678. The highest BCUT2D eigenvalue weighted by molar-refractivity contribution is 5.50. The van der Waals surface area contributed by atoms with Gasteiger partial charge >= 0.3 is 0 Å². The van der Waals surface area contributed by atoms with E-state index < -0.39 is 0 Å². The number of fused-ring (bicyclic) bond motifs is 1. The molecule has 1 atom stereocenters. The van der Waals surface area contributed by atoms with Crippen molar-refractivity contribution < 1.29 is 0 Å². The molecule has 0 amide bonds. The van der Waals surface area contributed by atoms with Crippen molar-refractivity contribution in [2.24, 2.45) is 0 Å². The van der Waals surface area contributed by atoms with E-state index in [0.717, 1.165) is 5.92 Å². The highest BCUT2D eigenvalue weighted by Crippen LogP contribution is 2.39. The predicted molar refractivity (Wildman–Crippen MR) is 71.3 cm³/mol. The van der Waals surface area contributed by atoms with Crippen molar-refractivity contribution in [2.75, 3.05) is 0 Å². The number of hydrogen-bond acceptors (Lipinski definition) is 0. The third kappa shape index (κ3) is 1.79. The van der Waals surface area contributed by atoms with Crippen LogP contribution in [0.15, 0.2) is 12.1 Å². The molecule has 0 radical (unpaired) electrons. The van der Waals surface area contributed by atoms with Gasteiger partial charge in [0, 0.05) is 0 Å². The zero-order valence-electron chi connectivity index (χ0n) is 11.4. The summed E-state index contributed by atoms with van der Waals surface area (Å²) in [5.74, 6) is 0.725. The number of benzene rings is 1. The van der Waals surface area contributed by atoms with E-state index in [4.69, 9.17) is 0 Å². The van der Waals surface area contributed by atoms with Crippen LogP contribution in [0.4, 0.5) is 0 Å². The number of rotatable bonds is 2. The molecule has 0 fully saturated rings. The summed E-state index contributed by atoms with van der Waals surface area (Å²) in [6.07, 6.45) is 3.85. The van der Waals surface area contributed by atoms with E-state index in [1.54, 1.807) is 22.3 Å². The first kappa shape index (κ1) is 11.7. The van der Waals surface area contributed by atoms with Crippen LogP contribution in [0.1, 0.15) is 69.2 Å². The van der Waals surface area contributed by atoms with Crippen molar-refractivity contribution in [1.29, 1.82) is 0 Å². The maximum absolute atomic E-state index is 2.38. The van der Waals surface area contributed by atoms with Crippen molar-refractivity contribution in [3.8, 4) is 0 Å². The fraction of sp³-hybridized carbons (Fsp3) is 0.625. The van der Waals surface area contributed by atoms with E-state index in [1.165, 1.54) is 19.3 Å². The second-order valence-corrected chi connectivity index (χ2v) is 6.22. The van der Waals surface area contributed by atoms with Crippen LogP contribution >= 0.6 is 0 Å². The molecular formula is C16H24. The van der Waals surface area contributed by atoms with Crippen LogP contribution in [0.25, 0.3) is 0 Å². The molecule has 0 nitrogen and oxygen atoms in total. The van der Waals surface area contributed by atoms with Gasteiger partial charge in [0.1, 0.15) is 0 Å². The summed E-state index contributed by atoms with van der Waals surface area (Å²) < 4.78 is 0. The van der Waals surface area contributed by atoms with Gasteiger partial charge < -0.3 is 0 Å². The highest BCUT2D eigenvalue weighted by atomic mass is 14.3. The Kier molecular flexibility index (Phi) is 2.86. The number of hydrogen-bond donors (Lipinski definition) is 0. The minimum Gasteiger partial charge on any atom is -0.0648 e. The summed E-state index contributed by atoms with van der Waals surface area (Å²) in [6, 6.07) is 4.76. The molecule has 2 rings (SSSR count). The van der Waals surface area contributed by atoms with Gasteiger partial charge in [-0.2, -0.15) is 0 Å². The third-order valence-electron chi connectivity index (χ3n) is 4.04. The van der Waals surface area contributed by atoms with Crippen LogP contribution in [-0.2, 0) is 18.3 Å². The van der Waals surface area contributed by atoms with E-state index in [1.807, 2.05) is 0 Å². The summed E-state index contributed by atoms with van der Waals surface area (Å²) in [5.41, 5.74) is 6.81. The molecule has 0 aliphatic heterocycles. The van der Waals surface area contributed by atoms with Crippen molar-refractivity contribution in [2.45, 2.75) is 65.2 Å². The van der Waals surface area contributed by atoms with E-state index in [-0.39, 0.29) is 0 Å². The smallest absolute Gasteiger partial charge is 0.0129 e. The monoisotopic (exact) mass is 216 g/mol. The zero-order valence-corrected chi connectivity index (χ0v) is 11.4. The first-order valence-corrected chi connectivity index (χ1v) is 6.60. The van der Waals surface area contributed by atoms with Gasteiger partial charge in [0.25, 0.3) is 0 Å². The molecule has 0 heteroatoms. The summed E-state index contributed by atoms with van der Waals surface area (Å²) in [5, 5.41) is 0. The third-order valence-corrected chi connectivity index (χ3v) is 4.04. The Morgan fingerprint density at radius 2 is 1.75 bits per heavy atom. The molecule has 1 aliphatic carbocycles. The fourth-order valence-electron chi connectivity index (χ4n) is 2.75. The van der Waals surface area contributed by atoms with Crippen LogP contribution in [0, 0.1) is 0 Å². The normalized spacial score (nSPS) is 16.6. The molecule has 16 heavy (non-hydrogen) atoms. The maximum Gasteiger partial charge on any atom is -0.0129 e. The Morgan fingerprint density at radius 1 is 1.12 bits per heavy atom. The Bertz CT molecular complexity index is 393. The van der Waals surface area contributed by atoms with E-state index in [0.29, 0.717) is 5.41 Å². The minimum atomic E-state index is 0.304. The van der Waals surface area contributed by atoms with Gasteiger partial charge in [0.15, 0.2) is 0 Å². The lowest BCUT2D eigenvalue weighted by Gasteiger charge is -2.33. The van der Waals surface area contributed by atoms with E-state index in [2.05, 4.69) is 46.8 Å². The molecule has 0 saturated carbocycles. The second-order valence-electron chi connectivity index (χ2n) is 6.22. The predicted octanol–water partition coefficient (Wildman–Crippen LogP) is 4.60. The lowest BCUT2D eigenvalue weighted by Crippen LogP contribution is -2.23. The van der Waals surface area contributed by atoms with Crippen LogP contribution in [-0.4, -0.2) is 0 Å². The van der Waals surface area contributed by atoms with Crippen LogP contribution < -0.4 is 0 Å². The summed E-state index contributed by atoms with van der Waals surface area (Å²) in [6.45, 7) is 11.6. The maximum atomic E-state index is 2.38. The van der Waals surface area contributed by atoms with Crippen molar-refractivity contribution >= 4 is 0 Å². The molecule has 1 aromatic rings. The Labute approximate surface area is 100 Å². The first-order chi connectivity index (χ1) is 7.45. The lowest BCUT2D eigenvalue weighted by molar-refractivity contribution is 0.568. The zero-order chi connectivity index (χ0) is 11.9. The topological polar surface area (TPSA) is 0 Å². The average molecular weight is 216 g/mol. The van der Waals surface area contributed by atoms with Crippen LogP contribution in [0.3, 0.4) is 0 Å². The molecule has 1 aromatic carbocycles. The van der Waals surface area contributed by atoms with Crippen LogP contribution in [0.2, 0.25) is 0 Å². The standard InChI is InChI=1S/C16H24/c1-6-11(2)12-9-10-15(16(3,4)5)14-8-7-13(12)14/h9-11H,6-8H2,1-5H3.